The summed E-state index contributed by atoms with van der Waals surface area (Å²) in [5.41, 5.74) is 1.59. The van der Waals surface area contributed by atoms with Gasteiger partial charge in [-0.25, -0.2) is 0 Å². The Hall–Kier alpha value is -1.62. The second-order valence-corrected chi connectivity index (χ2v) is 3.76. The molecule has 5 nitrogen and oxygen atoms in total. The Kier molecular flexibility index (Phi) is 4.90. The van der Waals surface area contributed by atoms with Crippen LogP contribution in [0.5, 0.6) is 0 Å². The number of aromatic amines is 1. The molecular weight excluding hydrogens is 220 g/mol. The molecule has 1 rings (SSSR count). The summed E-state index contributed by atoms with van der Waals surface area (Å²) in [5, 5.41) is 2.63. The van der Waals surface area contributed by atoms with Crippen LogP contribution in [0.25, 0.3) is 0 Å². The summed E-state index contributed by atoms with van der Waals surface area (Å²) in [6.07, 6.45) is 0.779. The van der Waals surface area contributed by atoms with Crippen LogP contribution in [0.3, 0.4) is 0 Å². The Morgan fingerprint density at radius 2 is 2.24 bits per heavy atom. The minimum Gasteiger partial charge on any atom is -0.383 e. The maximum atomic E-state index is 11.7. The smallest absolute Gasteiger partial charge is 0.261 e. The average molecular weight is 238 g/mol. The molecule has 1 aromatic heterocycles. The number of carbonyl (C=O) groups is 1. The van der Waals surface area contributed by atoms with Crippen molar-refractivity contribution in [2.24, 2.45) is 0 Å². The van der Waals surface area contributed by atoms with Crippen molar-refractivity contribution in [3.63, 3.8) is 0 Å². The molecule has 0 spiro atoms. The molecule has 0 fully saturated rings. The molecule has 0 aliphatic rings. The maximum Gasteiger partial charge on any atom is 0.261 e. The monoisotopic (exact) mass is 238 g/mol. The summed E-state index contributed by atoms with van der Waals surface area (Å²) in [4.78, 5) is 26.0. The van der Waals surface area contributed by atoms with E-state index in [0.717, 1.165) is 17.7 Å². The molecule has 0 aromatic carbocycles. The van der Waals surface area contributed by atoms with Gasteiger partial charge in [-0.3, -0.25) is 9.59 Å². The molecule has 0 saturated heterocycles. The van der Waals surface area contributed by atoms with Crippen LogP contribution in [-0.2, 0) is 11.2 Å². The topological polar surface area (TPSA) is 71.2 Å². The first-order valence-corrected chi connectivity index (χ1v) is 5.60. The molecule has 1 heterocycles. The highest BCUT2D eigenvalue weighted by molar-refractivity contribution is 5.94. The second-order valence-electron chi connectivity index (χ2n) is 3.76. The molecule has 94 valence electrons. The van der Waals surface area contributed by atoms with E-state index in [1.54, 1.807) is 13.2 Å². The Balaban J connectivity index is 2.90. The Labute approximate surface area is 100 Å². The minimum absolute atomic E-state index is 0.156. The SMILES string of the molecule is CCc1cc(C(=O)NCCOC)c(=O)[nH]c1C. The molecule has 1 aromatic rings. The lowest BCUT2D eigenvalue weighted by Crippen LogP contribution is -2.32. The summed E-state index contributed by atoms with van der Waals surface area (Å²) in [6, 6.07) is 1.65. The van der Waals surface area contributed by atoms with E-state index < -0.39 is 0 Å². The van der Waals surface area contributed by atoms with Crippen molar-refractivity contribution in [1.29, 1.82) is 0 Å². The van der Waals surface area contributed by atoms with E-state index in [0.29, 0.717) is 13.2 Å². The fourth-order valence-corrected chi connectivity index (χ4v) is 1.56. The average Bonchev–Trinajstić information content (AvgIpc) is 2.29. The van der Waals surface area contributed by atoms with Gasteiger partial charge < -0.3 is 15.0 Å². The summed E-state index contributed by atoms with van der Waals surface area (Å²) >= 11 is 0. The molecule has 0 unspecified atom stereocenters. The van der Waals surface area contributed by atoms with E-state index in [4.69, 9.17) is 4.74 Å². The van der Waals surface area contributed by atoms with Crippen LogP contribution in [-0.4, -0.2) is 31.2 Å². The first kappa shape index (κ1) is 13.4. The zero-order valence-corrected chi connectivity index (χ0v) is 10.4. The zero-order chi connectivity index (χ0) is 12.8. The molecule has 0 aliphatic heterocycles. The standard InChI is InChI=1S/C12H18N2O3/c1-4-9-7-10(12(16)14-8(9)2)11(15)13-5-6-17-3/h7H,4-6H2,1-3H3,(H,13,15)(H,14,16). The Morgan fingerprint density at radius 1 is 1.53 bits per heavy atom. The number of aromatic nitrogens is 1. The van der Waals surface area contributed by atoms with Crippen LogP contribution >= 0.6 is 0 Å². The molecule has 0 bridgehead atoms. The van der Waals surface area contributed by atoms with Crippen LogP contribution in [0.4, 0.5) is 0 Å². The summed E-state index contributed by atoms with van der Waals surface area (Å²) in [6.45, 7) is 4.63. The summed E-state index contributed by atoms with van der Waals surface area (Å²) in [5.74, 6) is -0.363. The molecule has 2 N–H and O–H groups in total. The van der Waals surface area contributed by atoms with Crippen LogP contribution in [0.2, 0.25) is 0 Å². The normalized spacial score (nSPS) is 10.3. The van der Waals surface area contributed by atoms with Crippen LogP contribution in [0.15, 0.2) is 10.9 Å². The second kappa shape index (κ2) is 6.20. The van der Waals surface area contributed by atoms with Gasteiger partial charge in [0.25, 0.3) is 11.5 Å². The fraction of sp³-hybridized carbons (Fsp3) is 0.500. The fourth-order valence-electron chi connectivity index (χ4n) is 1.56. The number of nitrogens with one attached hydrogen (secondary N) is 2. The van der Waals surface area contributed by atoms with Crippen molar-refractivity contribution in [2.45, 2.75) is 20.3 Å². The Bertz CT molecular complexity index is 452. The first-order chi connectivity index (χ1) is 8.10. The van der Waals surface area contributed by atoms with Crippen LogP contribution in [0, 0.1) is 6.92 Å². The van der Waals surface area contributed by atoms with Crippen molar-refractivity contribution in [3.05, 3.63) is 33.2 Å². The summed E-state index contributed by atoms with van der Waals surface area (Å²) in [7, 11) is 1.56. The molecule has 1 amide bonds. The third-order valence-electron chi connectivity index (χ3n) is 2.56. The quantitative estimate of drug-likeness (QED) is 0.739. The lowest BCUT2D eigenvalue weighted by atomic mass is 10.1. The number of aryl methyl sites for hydroxylation is 2. The van der Waals surface area contributed by atoms with Gasteiger partial charge in [-0.1, -0.05) is 6.92 Å². The highest BCUT2D eigenvalue weighted by Crippen LogP contribution is 2.05. The van der Waals surface area contributed by atoms with E-state index in [9.17, 15) is 9.59 Å². The number of hydrogen-bond acceptors (Lipinski definition) is 3. The number of carbonyl (C=O) groups excluding carboxylic acids is 1. The number of hydrogen-bond donors (Lipinski definition) is 2. The third-order valence-corrected chi connectivity index (χ3v) is 2.56. The lowest BCUT2D eigenvalue weighted by Gasteiger charge is -2.07. The number of H-pyrrole nitrogens is 1. The van der Waals surface area contributed by atoms with Gasteiger partial charge in [0.15, 0.2) is 0 Å². The highest BCUT2D eigenvalue weighted by atomic mass is 16.5. The number of methoxy groups -OCH3 is 1. The van der Waals surface area contributed by atoms with Gasteiger partial charge in [0.1, 0.15) is 5.56 Å². The van der Waals surface area contributed by atoms with Gasteiger partial charge in [-0.15, -0.1) is 0 Å². The molecule has 0 radical (unpaired) electrons. The molecule has 17 heavy (non-hydrogen) atoms. The van der Waals surface area contributed by atoms with Gasteiger partial charge in [0.05, 0.1) is 6.61 Å². The van der Waals surface area contributed by atoms with Crippen molar-refractivity contribution in [2.75, 3.05) is 20.3 Å². The lowest BCUT2D eigenvalue weighted by molar-refractivity contribution is 0.0935. The van der Waals surface area contributed by atoms with Crippen LogP contribution in [0.1, 0.15) is 28.5 Å². The molecule has 5 heteroatoms. The van der Waals surface area contributed by atoms with E-state index in [2.05, 4.69) is 10.3 Å². The van der Waals surface area contributed by atoms with Crippen molar-refractivity contribution >= 4 is 5.91 Å². The largest absolute Gasteiger partial charge is 0.383 e. The molecule has 0 atom stereocenters. The maximum absolute atomic E-state index is 11.7. The number of amides is 1. The predicted molar refractivity (Wildman–Crippen MR) is 65.4 cm³/mol. The minimum atomic E-state index is -0.363. The Morgan fingerprint density at radius 3 is 2.82 bits per heavy atom. The number of rotatable bonds is 5. The van der Waals surface area contributed by atoms with Crippen molar-refractivity contribution in [1.82, 2.24) is 10.3 Å². The molecule has 0 aliphatic carbocycles. The van der Waals surface area contributed by atoms with Gasteiger partial charge in [-0.05, 0) is 25.0 Å². The predicted octanol–water partition coefficient (Wildman–Crippen LogP) is 0.622. The zero-order valence-electron chi connectivity index (χ0n) is 10.4. The van der Waals surface area contributed by atoms with Crippen LogP contribution < -0.4 is 10.9 Å². The van der Waals surface area contributed by atoms with Crippen molar-refractivity contribution < 1.29 is 9.53 Å². The van der Waals surface area contributed by atoms with Gasteiger partial charge >= 0.3 is 0 Å². The third kappa shape index (κ3) is 3.42. The van der Waals surface area contributed by atoms with Gasteiger partial charge in [0, 0.05) is 19.3 Å². The van der Waals surface area contributed by atoms with E-state index in [-0.39, 0.29) is 17.0 Å². The van der Waals surface area contributed by atoms with E-state index in [1.165, 1.54) is 0 Å². The van der Waals surface area contributed by atoms with Gasteiger partial charge in [0.2, 0.25) is 0 Å². The van der Waals surface area contributed by atoms with E-state index >= 15 is 0 Å². The highest BCUT2D eigenvalue weighted by Gasteiger charge is 2.12. The molecule has 0 saturated carbocycles. The van der Waals surface area contributed by atoms with E-state index in [1.807, 2.05) is 13.8 Å². The van der Waals surface area contributed by atoms with Gasteiger partial charge in [-0.2, -0.15) is 0 Å². The number of pyridine rings is 1. The summed E-state index contributed by atoms with van der Waals surface area (Å²) < 4.78 is 4.82. The van der Waals surface area contributed by atoms with Crippen molar-refractivity contribution in [3.8, 4) is 0 Å². The molecular formula is C12H18N2O3. The number of ether oxygens (including phenoxy) is 1. The first-order valence-electron chi connectivity index (χ1n) is 5.60.